The van der Waals surface area contributed by atoms with Crippen molar-refractivity contribution in [1.82, 2.24) is 10.3 Å². The molecule has 1 heterocycles. The summed E-state index contributed by atoms with van der Waals surface area (Å²) in [5, 5.41) is 12.0. The first kappa shape index (κ1) is 18.8. The molecule has 0 saturated heterocycles. The molecule has 134 valence electrons. The van der Waals surface area contributed by atoms with Gasteiger partial charge in [0.1, 0.15) is 28.1 Å². The average molecular weight is 368 g/mol. The number of amides is 1. The van der Waals surface area contributed by atoms with Gasteiger partial charge in [-0.05, 0) is 31.2 Å². The number of nitrogens with zero attached hydrogens (tertiary/aromatic N) is 1. The van der Waals surface area contributed by atoms with E-state index in [1.165, 1.54) is 31.4 Å². The molecule has 25 heavy (non-hydrogen) atoms. The van der Waals surface area contributed by atoms with E-state index in [-0.39, 0.29) is 19.0 Å². The van der Waals surface area contributed by atoms with E-state index < -0.39 is 17.9 Å². The molecule has 0 spiro atoms. The first-order valence-electron chi connectivity index (χ1n) is 7.28. The van der Waals surface area contributed by atoms with Gasteiger partial charge >= 0.3 is 5.97 Å². The van der Waals surface area contributed by atoms with Gasteiger partial charge in [0.2, 0.25) is 0 Å². The maximum atomic E-state index is 12.8. The molecule has 0 radical (unpaired) electrons. The van der Waals surface area contributed by atoms with Gasteiger partial charge in [-0.2, -0.15) is 0 Å². The summed E-state index contributed by atoms with van der Waals surface area (Å²) in [5.74, 6) is -1.60. The van der Waals surface area contributed by atoms with Gasteiger partial charge in [0.15, 0.2) is 6.04 Å². The minimum absolute atomic E-state index is 0.116. The number of hydrogen-bond donors (Lipinski definition) is 2. The van der Waals surface area contributed by atoms with Crippen LogP contribution in [-0.4, -0.2) is 41.7 Å². The number of ether oxygens (including phenoxy) is 2. The molecule has 0 saturated carbocycles. The van der Waals surface area contributed by atoms with Gasteiger partial charge in [-0.3, -0.25) is 4.79 Å². The van der Waals surface area contributed by atoms with Crippen molar-refractivity contribution in [3.05, 3.63) is 45.7 Å². The van der Waals surface area contributed by atoms with E-state index in [2.05, 4.69) is 10.3 Å². The number of methoxy groups -OCH3 is 1. The van der Waals surface area contributed by atoms with Crippen molar-refractivity contribution in [3.63, 3.8) is 0 Å². The number of benzene rings is 1. The molecule has 2 rings (SSSR count). The Morgan fingerprint density at radius 2 is 2.04 bits per heavy atom. The van der Waals surface area contributed by atoms with Crippen molar-refractivity contribution in [2.45, 2.75) is 19.6 Å². The highest BCUT2D eigenvalue weighted by Crippen LogP contribution is 2.20. The minimum Gasteiger partial charge on any atom is -0.486 e. The molecule has 1 atom stereocenters. The Labute approximate surface area is 147 Å². The first-order valence-corrected chi connectivity index (χ1v) is 8.09. The molecule has 1 unspecified atom stereocenters. The van der Waals surface area contributed by atoms with E-state index in [0.29, 0.717) is 21.3 Å². The number of aromatic nitrogens is 1. The lowest BCUT2D eigenvalue weighted by Gasteiger charge is -2.12. The maximum Gasteiger partial charge on any atom is 0.328 e. The topological polar surface area (TPSA) is 97.8 Å². The number of nitrogens with one attached hydrogen (secondary N) is 1. The number of carbonyl (C=O) groups excluding carboxylic acids is 1. The number of carboxylic acids is 1. The van der Waals surface area contributed by atoms with E-state index in [1.54, 1.807) is 6.92 Å². The van der Waals surface area contributed by atoms with Crippen molar-refractivity contribution >= 4 is 23.2 Å². The molecule has 1 aromatic carbocycles. The van der Waals surface area contributed by atoms with Crippen LogP contribution in [0.25, 0.3) is 0 Å². The minimum atomic E-state index is -1.18. The highest BCUT2D eigenvalue weighted by Gasteiger charge is 2.23. The largest absolute Gasteiger partial charge is 0.486 e. The summed E-state index contributed by atoms with van der Waals surface area (Å²) < 4.78 is 23.1. The van der Waals surface area contributed by atoms with E-state index in [4.69, 9.17) is 14.6 Å². The van der Waals surface area contributed by atoms with Crippen molar-refractivity contribution in [2.24, 2.45) is 0 Å². The molecule has 0 aliphatic rings. The van der Waals surface area contributed by atoms with Crippen molar-refractivity contribution in [2.75, 3.05) is 13.7 Å². The van der Waals surface area contributed by atoms with Crippen LogP contribution in [-0.2, 0) is 16.1 Å². The zero-order valence-corrected chi connectivity index (χ0v) is 14.4. The van der Waals surface area contributed by atoms with E-state index in [1.807, 2.05) is 0 Å². The molecule has 0 aliphatic heterocycles. The lowest BCUT2D eigenvalue weighted by atomic mass is 10.3. The molecular weight excluding hydrogens is 351 g/mol. The Hall–Kier alpha value is -2.52. The van der Waals surface area contributed by atoms with Gasteiger partial charge in [-0.1, -0.05) is 0 Å². The molecule has 1 aromatic heterocycles. The summed E-state index contributed by atoms with van der Waals surface area (Å²) in [4.78, 5) is 27.9. The standard InChI is InChI=1S/C16H17FN2O5S/c1-9-14(15(20)19-12(7-23-2)16(21)22)25-13(18-9)8-24-11-5-3-10(17)4-6-11/h3-6,12H,7-8H2,1-2H3,(H,19,20)(H,21,22). The summed E-state index contributed by atoms with van der Waals surface area (Å²) in [6.07, 6.45) is 0. The lowest BCUT2D eigenvalue weighted by Crippen LogP contribution is -2.43. The number of halogens is 1. The van der Waals surface area contributed by atoms with E-state index >= 15 is 0 Å². The van der Waals surface area contributed by atoms with Gasteiger partial charge in [-0.15, -0.1) is 11.3 Å². The van der Waals surface area contributed by atoms with Crippen molar-refractivity contribution < 1.29 is 28.6 Å². The Balaban J connectivity index is 2.01. The van der Waals surface area contributed by atoms with Crippen LogP contribution in [0.2, 0.25) is 0 Å². The number of carboxylic acid groups (broad SMARTS) is 1. The van der Waals surface area contributed by atoms with Gasteiger partial charge in [-0.25, -0.2) is 14.2 Å². The predicted octanol–water partition coefficient (Wildman–Crippen LogP) is 2.00. The molecule has 2 aromatic rings. The second-order valence-corrected chi connectivity index (χ2v) is 6.17. The highest BCUT2D eigenvalue weighted by atomic mass is 32.1. The molecule has 1 amide bonds. The van der Waals surface area contributed by atoms with Crippen LogP contribution in [0.4, 0.5) is 4.39 Å². The Morgan fingerprint density at radius 1 is 1.36 bits per heavy atom. The third-order valence-corrected chi connectivity index (χ3v) is 4.29. The van der Waals surface area contributed by atoms with Crippen LogP contribution >= 0.6 is 11.3 Å². The van der Waals surface area contributed by atoms with Gasteiger partial charge in [0, 0.05) is 7.11 Å². The van der Waals surface area contributed by atoms with Crippen molar-refractivity contribution in [1.29, 1.82) is 0 Å². The van der Waals surface area contributed by atoms with E-state index in [9.17, 15) is 14.0 Å². The maximum absolute atomic E-state index is 12.8. The normalized spacial score (nSPS) is 11.8. The molecule has 0 bridgehead atoms. The first-order chi connectivity index (χ1) is 11.9. The predicted molar refractivity (Wildman–Crippen MR) is 88.3 cm³/mol. The summed E-state index contributed by atoms with van der Waals surface area (Å²) in [5.41, 5.74) is 0.474. The zero-order valence-electron chi connectivity index (χ0n) is 13.6. The fourth-order valence-electron chi connectivity index (χ4n) is 1.97. The number of carbonyl (C=O) groups is 2. The monoisotopic (exact) mass is 368 g/mol. The second-order valence-electron chi connectivity index (χ2n) is 5.08. The van der Waals surface area contributed by atoms with Crippen LogP contribution in [0, 0.1) is 12.7 Å². The fourth-order valence-corrected chi connectivity index (χ4v) is 2.85. The molecular formula is C16H17FN2O5S. The fraction of sp³-hybridized carbons (Fsp3) is 0.312. The number of aliphatic carboxylic acids is 1. The number of thiazole rings is 1. The SMILES string of the molecule is COCC(NC(=O)c1sc(COc2ccc(F)cc2)nc1C)C(=O)O. The molecule has 9 heteroatoms. The molecule has 0 fully saturated rings. The second kappa shape index (κ2) is 8.54. The quantitative estimate of drug-likeness (QED) is 0.740. The third-order valence-electron chi connectivity index (χ3n) is 3.16. The zero-order chi connectivity index (χ0) is 18.4. The smallest absolute Gasteiger partial charge is 0.328 e. The molecule has 7 nitrogen and oxygen atoms in total. The highest BCUT2D eigenvalue weighted by molar-refractivity contribution is 7.13. The van der Waals surface area contributed by atoms with Gasteiger partial charge in [0.25, 0.3) is 5.91 Å². The molecule has 0 aliphatic carbocycles. The van der Waals surface area contributed by atoms with Crippen molar-refractivity contribution in [3.8, 4) is 5.75 Å². The number of aryl methyl sites for hydroxylation is 1. The van der Waals surface area contributed by atoms with E-state index in [0.717, 1.165) is 11.3 Å². The van der Waals surface area contributed by atoms with Crippen LogP contribution in [0.5, 0.6) is 5.75 Å². The van der Waals surface area contributed by atoms with Gasteiger partial charge in [0.05, 0.1) is 12.3 Å². The summed E-state index contributed by atoms with van der Waals surface area (Å²) in [6.45, 7) is 1.63. The van der Waals surface area contributed by atoms with Crippen LogP contribution in [0.3, 0.4) is 0 Å². The average Bonchev–Trinajstić information content (AvgIpc) is 2.94. The Morgan fingerprint density at radius 3 is 2.64 bits per heavy atom. The lowest BCUT2D eigenvalue weighted by molar-refractivity contribution is -0.140. The van der Waals surface area contributed by atoms with Crippen LogP contribution in [0.15, 0.2) is 24.3 Å². The number of rotatable bonds is 8. The Kier molecular flexibility index (Phi) is 6.43. The van der Waals surface area contributed by atoms with Crippen LogP contribution < -0.4 is 10.1 Å². The summed E-state index contributed by atoms with van der Waals surface area (Å²) in [6, 6.07) is 4.40. The third kappa shape index (κ3) is 5.23. The van der Waals surface area contributed by atoms with Crippen LogP contribution in [0.1, 0.15) is 20.4 Å². The summed E-state index contributed by atoms with van der Waals surface area (Å²) >= 11 is 1.11. The number of hydrogen-bond acceptors (Lipinski definition) is 6. The Bertz CT molecular complexity index is 747. The summed E-state index contributed by atoms with van der Waals surface area (Å²) in [7, 11) is 1.35. The molecule has 2 N–H and O–H groups in total. The van der Waals surface area contributed by atoms with Gasteiger partial charge < -0.3 is 19.9 Å².